The summed E-state index contributed by atoms with van der Waals surface area (Å²) in [6, 6.07) is 7.65. The fourth-order valence-corrected chi connectivity index (χ4v) is 2.50. The molecule has 1 aromatic carbocycles. The number of hydrogen-bond donors (Lipinski definition) is 1. The standard InChI is InChI=1S/C14H17NO4S/c1-10-11-5-3-4-6-12(11)19-13(10)9-15-14(16)7-8-20(2,17)18/h3-6H,7-9H2,1-2H3,(H,15,16). The fourth-order valence-electron chi connectivity index (χ4n) is 1.94. The van der Waals surface area contributed by atoms with Gasteiger partial charge in [0.2, 0.25) is 5.91 Å². The van der Waals surface area contributed by atoms with Gasteiger partial charge in [0, 0.05) is 23.6 Å². The highest BCUT2D eigenvalue weighted by Crippen LogP contribution is 2.24. The molecule has 1 N–H and O–H groups in total. The number of benzene rings is 1. The number of para-hydroxylation sites is 1. The normalized spacial score (nSPS) is 11.7. The molecule has 0 aliphatic carbocycles. The second-order valence-electron chi connectivity index (χ2n) is 4.80. The van der Waals surface area contributed by atoms with E-state index in [1.807, 2.05) is 31.2 Å². The van der Waals surface area contributed by atoms with E-state index in [1.165, 1.54) is 0 Å². The van der Waals surface area contributed by atoms with E-state index in [2.05, 4.69) is 5.32 Å². The summed E-state index contributed by atoms with van der Waals surface area (Å²) in [6.45, 7) is 2.20. The Kier molecular flexibility index (Phi) is 4.13. The van der Waals surface area contributed by atoms with E-state index >= 15 is 0 Å². The van der Waals surface area contributed by atoms with Crippen LogP contribution in [0.3, 0.4) is 0 Å². The van der Waals surface area contributed by atoms with E-state index < -0.39 is 9.84 Å². The van der Waals surface area contributed by atoms with E-state index in [0.29, 0.717) is 5.76 Å². The molecule has 1 amide bonds. The van der Waals surface area contributed by atoms with Gasteiger partial charge in [-0.2, -0.15) is 0 Å². The average molecular weight is 295 g/mol. The summed E-state index contributed by atoms with van der Waals surface area (Å²) in [5.41, 5.74) is 1.77. The topological polar surface area (TPSA) is 76.4 Å². The Labute approximate surface area is 117 Å². The smallest absolute Gasteiger partial charge is 0.221 e. The van der Waals surface area contributed by atoms with Crippen molar-refractivity contribution in [1.82, 2.24) is 5.32 Å². The molecule has 0 fully saturated rings. The number of hydrogen-bond acceptors (Lipinski definition) is 4. The summed E-state index contributed by atoms with van der Waals surface area (Å²) in [5, 5.41) is 3.70. The van der Waals surface area contributed by atoms with Crippen LogP contribution in [0.4, 0.5) is 0 Å². The van der Waals surface area contributed by atoms with Crippen LogP contribution in [0.2, 0.25) is 0 Å². The number of sulfone groups is 1. The van der Waals surface area contributed by atoms with Gasteiger partial charge in [-0.25, -0.2) is 8.42 Å². The highest BCUT2D eigenvalue weighted by molar-refractivity contribution is 7.90. The number of fused-ring (bicyclic) bond motifs is 1. The lowest BCUT2D eigenvalue weighted by Gasteiger charge is -2.03. The van der Waals surface area contributed by atoms with E-state index in [1.54, 1.807) is 0 Å². The van der Waals surface area contributed by atoms with Crippen LogP contribution in [0, 0.1) is 6.92 Å². The molecule has 20 heavy (non-hydrogen) atoms. The van der Waals surface area contributed by atoms with Crippen LogP contribution in [0.15, 0.2) is 28.7 Å². The van der Waals surface area contributed by atoms with Gasteiger partial charge in [-0.05, 0) is 13.0 Å². The van der Waals surface area contributed by atoms with Gasteiger partial charge in [0.1, 0.15) is 21.2 Å². The van der Waals surface area contributed by atoms with Gasteiger partial charge in [-0.1, -0.05) is 18.2 Å². The third-order valence-electron chi connectivity index (χ3n) is 3.09. The van der Waals surface area contributed by atoms with E-state index in [0.717, 1.165) is 22.8 Å². The minimum absolute atomic E-state index is 0.0297. The van der Waals surface area contributed by atoms with E-state index in [-0.39, 0.29) is 24.6 Å². The predicted octanol–water partition coefficient (Wildman–Crippen LogP) is 1.79. The van der Waals surface area contributed by atoms with Crippen LogP contribution in [-0.2, 0) is 21.2 Å². The Hall–Kier alpha value is -1.82. The maximum atomic E-state index is 11.6. The van der Waals surface area contributed by atoms with E-state index in [4.69, 9.17) is 4.42 Å². The van der Waals surface area contributed by atoms with Gasteiger partial charge in [0.05, 0.1) is 12.3 Å². The molecule has 2 aromatic rings. The van der Waals surface area contributed by atoms with Gasteiger partial charge < -0.3 is 9.73 Å². The molecular formula is C14H17NO4S. The molecule has 6 heteroatoms. The molecule has 0 bridgehead atoms. The SMILES string of the molecule is Cc1c(CNC(=O)CCS(C)(=O)=O)oc2ccccc12. The highest BCUT2D eigenvalue weighted by atomic mass is 32.2. The molecule has 0 aliphatic rings. The first-order chi connectivity index (χ1) is 9.37. The van der Waals surface area contributed by atoms with Gasteiger partial charge in [-0.15, -0.1) is 0 Å². The van der Waals surface area contributed by atoms with Crippen molar-refractivity contribution in [2.45, 2.75) is 19.9 Å². The third kappa shape index (κ3) is 3.60. The fraction of sp³-hybridized carbons (Fsp3) is 0.357. The molecular weight excluding hydrogens is 278 g/mol. The summed E-state index contributed by atoms with van der Waals surface area (Å²) in [4.78, 5) is 11.6. The lowest BCUT2D eigenvalue weighted by atomic mass is 10.1. The van der Waals surface area contributed by atoms with Gasteiger partial charge in [-0.3, -0.25) is 4.79 Å². The predicted molar refractivity (Wildman–Crippen MR) is 77.1 cm³/mol. The second-order valence-corrected chi connectivity index (χ2v) is 7.06. The number of carbonyl (C=O) groups excluding carboxylic acids is 1. The van der Waals surface area contributed by atoms with Crippen LogP contribution < -0.4 is 5.32 Å². The highest BCUT2D eigenvalue weighted by Gasteiger charge is 2.12. The summed E-state index contributed by atoms with van der Waals surface area (Å²) >= 11 is 0. The quantitative estimate of drug-likeness (QED) is 0.912. The molecule has 1 aromatic heterocycles. The molecule has 0 spiro atoms. The zero-order valence-corrected chi connectivity index (χ0v) is 12.3. The number of furan rings is 1. The number of aryl methyl sites for hydroxylation is 1. The Morgan fingerprint density at radius 3 is 2.65 bits per heavy atom. The van der Waals surface area contributed by atoms with Crippen LogP contribution in [0.1, 0.15) is 17.7 Å². The van der Waals surface area contributed by atoms with Crippen LogP contribution >= 0.6 is 0 Å². The molecule has 0 unspecified atom stereocenters. The Balaban J connectivity index is 1.99. The molecule has 2 rings (SSSR count). The van der Waals surface area contributed by atoms with Crippen molar-refractivity contribution in [2.75, 3.05) is 12.0 Å². The zero-order chi connectivity index (χ0) is 14.8. The largest absolute Gasteiger partial charge is 0.459 e. The monoisotopic (exact) mass is 295 g/mol. The third-order valence-corrected chi connectivity index (χ3v) is 4.03. The van der Waals surface area contributed by atoms with Crippen LogP contribution in [-0.4, -0.2) is 26.3 Å². The first-order valence-corrected chi connectivity index (χ1v) is 8.34. The lowest BCUT2D eigenvalue weighted by Crippen LogP contribution is -2.25. The molecule has 0 atom stereocenters. The van der Waals surface area contributed by atoms with Gasteiger partial charge in [0.15, 0.2) is 0 Å². The first-order valence-electron chi connectivity index (χ1n) is 6.28. The minimum atomic E-state index is -3.12. The minimum Gasteiger partial charge on any atom is -0.459 e. The summed E-state index contributed by atoms with van der Waals surface area (Å²) in [5.74, 6) is 0.256. The van der Waals surface area contributed by atoms with E-state index in [9.17, 15) is 13.2 Å². The number of nitrogens with one attached hydrogen (secondary N) is 1. The van der Waals surface area contributed by atoms with Crippen LogP contribution in [0.25, 0.3) is 11.0 Å². The van der Waals surface area contributed by atoms with Gasteiger partial charge in [0.25, 0.3) is 0 Å². The number of carbonyl (C=O) groups is 1. The maximum Gasteiger partial charge on any atom is 0.221 e. The molecule has 1 heterocycles. The average Bonchev–Trinajstić information content (AvgIpc) is 2.71. The molecule has 0 saturated carbocycles. The van der Waals surface area contributed by atoms with Crippen molar-refractivity contribution >= 4 is 26.7 Å². The molecule has 0 radical (unpaired) electrons. The van der Waals surface area contributed by atoms with Crippen molar-refractivity contribution in [2.24, 2.45) is 0 Å². The summed E-state index contributed by atoms with van der Waals surface area (Å²) in [7, 11) is -3.12. The van der Waals surface area contributed by atoms with Crippen molar-refractivity contribution in [3.8, 4) is 0 Å². The number of rotatable bonds is 5. The lowest BCUT2D eigenvalue weighted by molar-refractivity contribution is -0.120. The van der Waals surface area contributed by atoms with Gasteiger partial charge >= 0.3 is 0 Å². The summed E-state index contributed by atoms with van der Waals surface area (Å²) < 4.78 is 27.6. The Morgan fingerprint density at radius 2 is 2.00 bits per heavy atom. The van der Waals surface area contributed by atoms with Crippen molar-refractivity contribution in [3.63, 3.8) is 0 Å². The van der Waals surface area contributed by atoms with Crippen molar-refractivity contribution < 1.29 is 17.6 Å². The second kappa shape index (κ2) is 5.66. The Morgan fingerprint density at radius 1 is 1.30 bits per heavy atom. The molecule has 0 aliphatic heterocycles. The van der Waals surface area contributed by atoms with Crippen LogP contribution in [0.5, 0.6) is 0 Å². The molecule has 0 saturated heterocycles. The van der Waals surface area contributed by atoms with Crippen molar-refractivity contribution in [1.29, 1.82) is 0 Å². The molecule has 5 nitrogen and oxygen atoms in total. The maximum absolute atomic E-state index is 11.6. The zero-order valence-electron chi connectivity index (χ0n) is 11.5. The Bertz CT molecular complexity index is 731. The number of amides is 1. The summed E-state index contributed by atoms with van der Waals surface area (Å²) in [6.07, 6.45) is 1.09. The molecule has 108 valence electrons. The first kappa shape index (κ1) is 14.6. The van der Waals surface area contributed by atoms with Crippen molar-refractivity contribution in [3.05, 3.63) is 35.6 Å².